The third-order valence-electron chi connectivity index (χ3n) is 6.62. The molecule has 2 saturated heterocycles. The summed E-state index contributed by atoms with van der Waals surface area (Å²) in [6.07, 6.45) is -5.05. The number of nitrogens with zero attached hydrogens (tertiary/aromatic N) is 2. The second-order valence-corrected chi connectivity index (χ2v) is 10.7. The first kappa shape index (κ1) is 26.0. The molecular weight excluding hydrogens is 499 g/mol. The summed E-state index contributed by atoms with van der Waals surface area (Å²) in [6, 6.07) is 10.9. The van der Waals surface area contributed by atoms with E-state index in [1.165, 1.54) is 11.0 Å². The number of alkyl halides is 3. The molecule has 8 nitrogen and oxygen atoms in total. The van der Waals surface area contributed by atoms with Crippen LogP contribution >= 0.6 is 0 Å². The van der Waals surface area contributed by atoms with Gasteiger partial charge in [-0.25, -0.2) is 17.9 Å². The van der Waals surface area contributed by atoms with Gasteiger partial charge in [-0.15, -0.1) is 0 Å². The third kappa shape index (κ3) is 5.65. The summed E-state index contributed by atoms with van der Waals surface area (Å²) >= 11 is 0. The summed E-state index contributed by atoms with van der Waals surface area (Å²) < 4.78 is 69.9. The molecule has 2 aromatic rings. The molecule has 2 heterocycles. The molecule has 0 unspecified atom stereocenters. The summed E-state index contributed by atoms with van der Waals surface area (Å²) in [6.45, 7) is 0.871. The van der Waals surface area contributed by atoms with Crippen LogP contribution in [0.2, 0.25) is 0 Å². The van der Waals surface area contributed by atoms with Gasteiger partial charge in [0.25, 0.3) is 0 Å². The van der Waals surface area contributed by atoms with Gasteiger partial charge < -0.3 is 14.9 Å². The van der Waals surface area contributed by atoms with Crippen LogP contribution in [0.15, 0.2) is 53.4 Å². The van der Waals surface area contributed by atoms with Crippen molar-refractivity contribution in [3.63, 3.8) is 0 Å². The molecule has 0 aliphatic carbocycles. The fourth-order valence-corrected chi connectivity index (χ4v) is 6.20. The van der Waals surface area contributed by atoms with Gasteiger partial charge in [-0.2, -0.15) is 13.2 Å². The lowest BCUT2D eigenvalue weighted by molar-refractivity contribution is -0.140. The van der Waals surface area contributed by atoms with E-state index in [-0.39, 0.29) is 50.5 Å². The maximum absolute atomic E-state index is 13.8. The Balaban J connectivity index is 1.44. The minimum absolute atomic E-state index is 0.125. The van der Waals surface area contributed by atoms with Crippen LogP contribution in [0, 0.1) is 5.92 Å². The number of likely N-dealkylation sites (tertiary alicyclic amines) is 2. The molecule has 4 rings (SSSR count). The van der Waals surface area contributed by atoms with E-state index < -0.39 is 44.7 Å². The van der Waals surface area contributed by atoms with E-state index in [1.54, 1.807) is 35.2 Å². The second-order valence-electron chi connectivity index (χ2n) is 9.01. The molecule has 2 amide bonds. The van der Waals surface area contributed by atoms with Gasteiger partial charge in [0.05, 0.1) is 16.4 Å². The number of sulfonamides is 1. The van der Waals surface area contributed by atoms with Gasteiger partial charge in [-0.05, 0) is 42.5 Å². The van der Waals surface area contributed by atoms with Gasteiger partial charge in [0, 0.05) is 32.2 Å². The molecule has 1 atom stereocenters. The van der Waals surface area contributed by atoms with Crippen molar-refractivity contribution in [3.05, 3.63) is 54.1 Å². The summed E-state index contributed by atoms with van der Waals surface area (Å²) in [4.78, 5) is 25.7. The van der Waals surface area contributed by atoms with Crippen molar-refractivity contribution in [1.29, 1.82) is 0 Å². The lowest BCUT2D eigenvalue weighted by Crippen LogP contribution is -2.48. The number of nitrogens with one attached hydrogen (secondary N) is 1. The normalized spacial score (nSPS) is 19.5. The quantitative estimate of drug-likeness (QED) is 0.620. The first-order chi connectivity index (χ1) is 17.0. The van der Waals surface area contributed by atoms with Gasteiger partial charge >= 0.3 is 12.3 Å². The summed E-state index contributed by atoms with van der Waals surface area (Å²) in [5, 5.41) is 9.07. The zero-order valence-electron chi connectivity index (χ0n) is 19.2. The molecule has 0 bridgehead atoms. The van der Waals surface area contributed by atoms with Crippen LogP contribution in [-0.2, 0) is 21.0 Å². The van der Waals surface area contributed by atoms with Crippen molar-refractivity contribution < 1.29 is 36.3 Å². The van der Waals surface area contributed by atoms with Crippen molar-refractivity contribution in [3.8, 4) is 11.1 Å². The predicted octanol–water partition coefficient (Wildman–Crippen LogP) is 3.64. The van der Waals surface area contributed by atoms with Crippen LogP contribution in [0.4, 0.5) is 18.0 Å². The van der Waals surface area contributed by atoms with Gasteiger partial charge in [0.1, 0.15) is 0 Å². The number of benzene rings is 2. The van der Waals surface area contributed by atoms with Crippen LogP contribution in [-0.4, -0.2) is 67.5 Å². The zero-order chi connectivity index (χ0) is 26.1. The Morgan fingerprint density at radius 3 is 2.14 bits per heavy atom. The third-order valence-corrected chi connectivity index (χ3v) is 8.20. The van der Waals surface area contributed by atoms with Crippen molar-refractivity contribution in [2.24, 2.45) is 5.92 Å². The van der Waals surface area contributed by atoms with Gasteiger partial charge in [0.15, 0.2) is 0 Å². The fourth-order valence-electron chi connectivity index (χ4n) is 4.69. The smallest absolute Gasteiger partial charge is 0.417 e. The summed E-state index contributed by atoms with van der Waals surface area (Å²) in [5.74, 6) is -0.622. The van der Waals surface area contributed by atoms with Crippen molar-refractivity contribution in [2.75, 3.05) is 26.2 Å². The van der Waals surface area contributed by atoms with E-state index >= 15 is 0 Å². The van der Waals surface area contributed by atoms with Gasteiger partial charge in [-0.3, -0.25) is 4.79 Å². The number of amides is 2. The monoisotopic (exact) mass is 525 g/mol. The molecule has 0 saturated carbocycles. The van der Waals surface area contributed by atoms with Crippen LogP contribution in [0.3, 0.4) is 0 Å². The number of carboxylic acid groups (broad SMARTS) is 1. The van der Waals surface area contributed by atoms with Crippen molar-refractivity contribution >= 4 is 22.0 Å². The Morgan fingerprint density at radius 1 is 0.917 bits per heavy atom. The van der Waals surface area contributed by atoms with E-state index in [0.29, 0.717) is 12.0 Å². The zero-order valence-corrected chi connectivity index (χ0v) is 20.1. The van der Waals surface area contributed by atoms with E-state index in [9.17, 15) is 31.2 Å². The molecule has 2 aliphatic rings. The first-order valence-electron chi connectivity index (χ1n) is 11.5. The molecule has 194 valence electrons. The minimum Gasteiger partial charge on any atom is -0.465 e. The molecule has 36 heavy (non-hydrogen) atoms. The first-order valence-corrected chi connectivity index (χ1v) is 13.0. The average Bonchev–Trinajstić information content (AvgIpc) is 3.34. The number of rotatable bonds is 5. The molecule has 2 fully saturated rings. The highest BCUT2D eigenvalue weighted by molar-refractivity contribution is 7.89. The average molecular weight is 526 g/mol. The van der Waals surface area contributed by atoms with E-state index in [1.807, 2.05) is 0 Å². The van der Waals surface area contributed by atoms with E-state index in [2.05, 4.69) is 4.72 Å². The number of hydrogen-bond donors (Lipinski definition) is 2. The Bertz CT molecular complexity index is 1230. The molecule has 12 heteroatoms. The van der Waals surface area contributed by atoms with Crippen LogP contribution < -0.4 is 4.72 Å². The Hall–Kier alpha value is -3.12. The Labute approximate surface area is 206 Å². The summed E-state index contributed by atoms with van der Waals surface area (Å²) in [5.41, 5.74) is -0.457. The number of carbonyl (C=O) groups excluding carboxylic acids is 1. The predicted molar refractivity (Wildman–Crippen MR) is 125 cm³/mol. The molecule has 0 aromatic heterocycles. The van der Waals surface area contributed by atoms with Crippen LogP contribution in [0.25, 0.3) is 11.1 Å². The number of carbonyl (C=O) groups is 2. The highest BCUT2D eigenvalue weighted by Gasteiger charge is 2.39. The topological polar surface area (TPSA) is 107 Å². The van der Waals surface area contributed by atoms with Crippen LogP contribution in [0.1, 0.15) is 24.8 Å². The number of halogens is 3. The fraction of sp³-hybridized carbons (Fsp3) is 0.417. The Morgan fingerprint density at radius 2 is 1.56 bits per heavy atom. The largest absolute Gasteiger partial charge is 0.465 e. The molecule has 0 radical (unpaired) electrons. The number of piperidine rings is 1. The number of hydrogen-bond acceptors (Lipinski definition) is 4. The second kappa shape index (κ2) is 10.1. The highest BCUT2D eigenvalue weighted by atomic mass is 32.2. The van der Waals surface area contributed by atoms with Gasteiger partial charge in [0.2, 0.25) is 15.9 Å². The maximum atomic E-state index is 13.8. The van der Waals surface area contributed by atoms with Crippen LogP contribution in [0.5, 0.6) is 0 Å². The summed E-state index contributed by atoms with van der Waals surface area (Å²) in [7, 11) is -4.49. The lowest BCUT2D eigenvalue weighted by atomic mass is 10.0. The Kier molecular flexibility index (Phi) is 7.28. The molecule has 0 spiro atoms. The minimum atomic E-state index is -4.88. The highest BCUT2D eigenvalue weighted by Crippen LogP contribution is 2.37. The SMILES string of the molecule is O=C(O)N1CC[C@H](C(=O)N2CCC(NS(=O)(=O)c3ccc(-c4ccccc4)cc3C(F)(F)F)CC2)C1. The molecule has 2 aliphatic heterocycles. The molecule has 2 N–H and O–H groups in total. The van der Waals surface area contributed by atoms with E-state index in [0.717, 1.165) is 12.1 Å². The standard InChI is InChI=1S/C24H26F3N3O5S/c25-24(26,27)20-14-17(16-4-2-1-3-5-16)6-7-21(20)36(34,35)28-19-9-12-29(13-10-19)22(31)18-8-11-30(15-18)23(32)33/h1-7,14,18-19,28H,8-13,15H2,(H,32,33)/t18-/m0/s1. The molecular formula is C24H26F3N3O5S. The van der Waals surface area contributed by atoms with Crippen molar-refractivity contribution in [2.45, 2.75) is 36.4 Å². The van der Waals surface area contributed by atoms with Gasteiger partial charge in [-0.1, -0.05) is 36.4 Å². The molecule has 2 aromatic carbocycles. The maximum Gasteiger partial charge on any atom is 0.417 e. The van der Waals surface area contributed by atoms with Crippen molar-refractivity contribution in [1.82, 2.24) is 14.5 Å². The lowest BCUT2D eigenvalue weighted by Gasteiger charge is -2.33. The van der Waals surface area contributed by atoms with E-state index in [4.69, 9.17) is 5.11 Å².